The molecule has 1 aromatic carbocycles. The molecule has 0 fully saturated rings. The first kappa shape index (κ1) is 15.8. The van der Waals surface area contributed by atoms with Crippen molar-refractivity contribution >= 4 is 15.5 Å². The van der Waals surface area contributed by atoms with Gasteiger partial charge in [0.2, 0.25) is 9.84 Å². The van der Waals surface area contributed by atoms with Gasteiger partial charge in [-0.05, 0) is 37.9 Å². The van der Waals surface area contributed by atoms with E-state index in [0.29, 0.717) is 12.2 Å². The molecule has 0 aliphatic rings. The number of hydrogen-bond donors (Lipinski definition) is 1. The molecular formula is C12H18F2N2O2S. The first-order valence-electron chi connectivity index (χ1n) is 5.92. The van der Waals surface area contributed by atoms with Gasteiger partial charge in [0.05, 0.1) is 4.90 Å². The first-order chi connectivity index (χ1) is 8.87. The minimum absolute atomic E-state index is 0.362. The van der Waals surface area contributed by atoms with E-state index in [0.717, 1.165) is 13.1 Å². The number of hydrogen-bond acceptors (Lipinski definition) is 4. The molecule has 0 radical (unpaired) electrons. The van der Waals surface area contributed by atoms with Gasteiger partial charge in [-0.25, -0.2) is 8.42 Å². The number of benzene rings is 1. The van der Waals surface area contributed by atoms with Crippen molar-refractivity contribution in [1.29, 1.82) is 0 Å². The summed E-state index contributed by atoms with van der Waals surface area (Å²) in [5, 5.41) is 3.09. The minimum atomic E-state index is -4.50. The molecule has 1 N–H and O–H groups in total. The number of nitrogens with zero attached hydrogens (tertiary/aromatic N) is 1. The molecule has 0 saturated heterocycles. The lowest BCUT2D eigenvalue weighted by Crippen LogP contribution is -2.24. The highest BCUT2D eigenvalue weighted by Gasteiger charge is 2.26. The lowest BCUT2D eigenvalue weighted by Gasteiger charge is -2.14. The maximum Gasteiger partial charge on any atom is 0.341 e. The molecule has 108 valence electrons. The van der Waals surface area contributed by atoms with Gasteiger partial charge in [-0.15, -0.1) is 0 Å². The van der Waals surface area contributed by atoms with Crippen LogP contribution in [0, 0.1) is 0 Å². The maximum atomic E-state index is 12.3. The van der Waals surface area contributed by atoms with Crippen LogP contribution in [-0.4, -0.2) is 45.8 Å². The fourth-order valence-corrected chi connectivity index (χ4v) is 2.14. The second kappa shape index (κ2) is 6.81. The number of sulfone groups is 1. The van der Waals surface area contributed by atoms with Crippen LogP contribution in [0.25, 0.3) is 0 Å². The van der Waals surface area contributed by atoms with Gasteiger partial charge in [-0.1, -0.05) is 6.92 Å². The largest absolute Gasteiger partial charge is 0.384 e. The zero-order chi connectivity index (χ0) is 14.5. The summed E-state index contributed by atoms with van der Waals surface area (Å²) >= 11 is 0. The van der Waals surface area contributed by atoms with Crippen LogP contribution in [0.4, 0.5) is 14.5 Å². The van der Waals surface area contributed by atoms with Crippen LogP contribution in [0.1, 0.15) is 6.92 Å². The van der Waals surface area contributed by atoms with Crippen LogP contribution >= 0.6 is 0 Å². The second-order valence-corrected chi connectivity index (χ2v) is 6.07. The third kappa shape index (κ3) is 4.43. The van der Waals surface area contributed by atoms with Crippen LogP contribution < -0.4 is 5.32 Å². The fourth-order valence-electron chi connectivity index (χ4n) is 1.41. The van der Waals surface area contributed by atoms with Crippen molar-refractivity contribution in [1.82, 2.24) is 4.90 Å². The molecule has 0 heterocycles. The Morgan fingerprint density at radius 1 is 1.26 bits per heavy atom. The summed E-state index contributed by atoms with van der Waals surface area (Å²) in [5.41, 5.74) is 0.706. The van der Waals surface area contributed by atoms with Crippen molar-refractivity contribution in [3.8, 4) is 0 Å². The van der Waals surface area contributed by atoms with Crippen LogP contribution in [0.15, 0.2) is 29.2 Å². The van der Waals surface area contributed by atoms with E-state index in [-0.39, 0.29) is 4.90 Å². The van der Waals surface area contributed by atoms with Gasteiger partial charge >= 0.3 is 5.76 Å². The van der Waals surface area contributed by atoms with E-state index in [1.54, 1.807) is 0 Å². The van der Waals surface area contributed by atoms with Crippen molar-refractivity contribution in [2.45, 2.75) is 17.6 Å². The number of halogens is 2. The highest BCUT2D eigenvalue weighted by molar-refractivity contribution is 7.91. The predicted octanol–water partition coefficient (Wildman–Crippen LogP) is 2.05. The summed E-state index contributed by atoms with van der Waals surface area (Å²) in [4.78, 5) is 1.75. The minimum Gasteiger partial charge on any atom is -0.384 e. The van der Waals surface area contributed by atoms with Crippen molar-refractivity contribution < 1.29 is 17.2 Å². The highest BCUT2D eigenvalue weighted by Crippen LogP contribution is 2.20. The summed E-state index contributed by atoms with van der Waals surface area (Å²) in [6.45, 7) is 4.52. The Kier molecular flexibility index (Phi) is 5.68. The smallest absolute Gasteiger partial charge is 0.341 e. The molecule has 0 aromatic heterocycles. The number of nitrogens with one attached hydrogen (secondary N) is 1. The molecule has 19 heavy (non-hydrogen) atoms. The molecule has 0 saturated carbocycles. The van der Waals surface area contributed by atoms with Gasteiger partial charge < -0.3 is 10.2 Å². The molecule has 0 aliphatic heterocycles. The lowest BCUT2D eigenvalue weighted by molar-refractivity contribution is 0.234. The van der Waals surface area contributed by atoms with Crippen LogP contribution in [0.3, 0.4) is 0 Å². The van der Waals surface area contributed by atoms with Gasteiger partial charge in [0.25, 0.3) is 0 Å². The fraction of sp³-hybridized carbons (Fsp3) is 0.500. The molecule has 1 aromatic rings. The zero-order valence-corrected chi connectivity index (χ0v) is 11.8. The van der Waals surface area contributed by atoms with Gasteiger partial charge in [-0.2, -0.15) is 8.78 Å². The number of likely N-dealkylation sites (N-methyl/N-ethyl adjacent to an activating group) is 1. The van der Waals surface area contributed by atoms with E-state index in [9.17, 15) is 17.2 Å². The number of alkyl halides is 2. The van der Waals surface area contributed by atoms with Crippen molar-refractivity contribution in [3.05, 3.63) is 24.3 Å². The molecule has 0 bridgehead atoms. The Bertz CT molecular complexity index is 489. The van der Waals surface area contributed by atoms with E-state index in [4.69, 9.17) is 0 Å². The van der Waals surface area contributed by atoms with Crippen LogP contribution in [-0.2, 0) is 9.84 Å². The Morgan fingerprint density at radius 2 is 1.84 bits per heavy atom. The molecule has 7 heteroatoms. The highest BCUT2D eigenvalue weighted by atomic mass is 32.2. The standard InChI is InChI=1S/C12H18F2N2O2S/c1-3-16(2)9-8-15-10-4-6-11(7-5-10)19(17,18)12(13)14/h4-7,12,15H,3,8-9H2,1-2H3. The average molecular weight is 292 g/mol. The molecule has 0 amide bonds. The molecule has 0 unspecified atom stereocenters. The van der Waals surface area contributed by atoms with Crippen LogP contribution in [0.5, 0.6) is 0 Å². The number of rotatable bonds is 7. The Labute approximate surface area is 112 Å². The summed E-state index contributed by atoms with van der Waals surface area (Å²) < 4.78 is 47.1. The van der Waals surface area contributed by atoms with E-state index in [1.807, 2.05) is 14.0 Å². The summed E-state index contributed by atoms with van der Waals surface area (Å²) in [7, 11) is -2.51. The summed E-state index contributed by atoms with van der Waals surface area (Å²) in [6.07, 6.45) is 0. The summed E-state index contributed by atoms with van der Waals surface area (Å²) in [5.74, 6) is -3.38. The van der Waals surface area contributed by atoms with Crippen LogP contribution in [0.2, 0.25) is 0 Å². The van der Waals surface area contributed by atoms with E-state index in [2.05, 4.69) is 10.2 Å². The zero-order valence-electron chi connectivity index (χ0n) is 10.9. The molecule has 0 spiro atoms. The van der Waals surface area contributed by atoms with Crippen molar-refractivity contribution in [2.75, 3.05) is 32.0 Å². The normalized spacial score (nSPS) is 12.1. The topological polar surface area (TPSA) is 49.4 Å². The quantitative estimate of drug-likeness (QED) is 0.835. The Morgan fingerprint density at radius 3 is 2.32 bits per heavy atom. The van der Waals surface area contributed by atoms with Gasteiger partial charge in [-0.3, -0.25) is 0 Å². The van der Waals surface area contributed by atoms with Gasteiger partial charge in [0.15, 0.2) is 0 Å². The third-order valence-electron chi connectivity index (χ3n) is 2.78. The third-order valence-corrected chi connectivity index (χ3v) is 4.18. The number of anilines is 1. The SMILES string of the molecule is CCN(C)CCNc1ccc(S(=O)(=O)C(F)F)cc1. The Hall–Kier alpha value is -1.21. The summed E-state index contributed by atoms with van der Waals surface area (Å²) in [6, 6.07) is 5.35. The molecule has 1 rings (SSSR count). The molecule has 0 atom stereocenters. The van der Waals surface area contributed by atoms with E-state index in [1.165, 1.54) is 24.3 Å². The predicted molar refractivity (Wildman–Crippen MR) is 71.3 cm³/mol. The van der Waals surface area contributed by atoms with E-state index < -0.39 is 15.6 Å². The second-order valence-electron chi connectivity index (χ2n) is 4.15. The first-order valence-corrected chi connectivity index (χ1v) is 7.47. The average Bonchev–Trinajstić information content (AvgIpc) is 2.39. The molecule has 4 nitrogen and oxygen atoms in total. The lowest BCUT2D eigenvalue weighted by atomic mass is 10.3. The molecular weight excluding hydrogens is 274 g/mol. The monoisotopic (exact) mass is 292 g/mol. The van der Waals surface area contributed by atoms with E-state index >= 15 is 0 Å². The van der Waals surface area contributed by atoms with Gasteiger partial charge in [0, 0.05) is 18.8 Å². The van der Waals surface area contributed by atoms with Gasteiger partial charge in [0.1, 0.15) is 0 Å². The van der Waals surface area contributed by atoms with Crippen molar-refractivity contribution in [3.63, 3.8) is 0 Å². The molecule has 0 aliphatic carbocycles. The Balaban J connectivity index is 2.62. The maximum absolute atomic E-state index is 12.3. The van der Waals surface area contributed by atoms with Crippen molar-refractivity contribution in [2.24, 2.45) is 0 Å².